The average Bonchev–Trinajstić information content (AvgIpc) is 2.79. The molecule has 1 aromatic carbocycles. The van der Waals surface area contributed by atoms with Crippen LogP contribution in [0, 0.1) is 0 Å². The van der Waals surface area contributed by atoms with Crippen molar-refractivity contribution in [2.75, 3.05) is 0 Å². The quantitative estimate of drug-likeness (QED) is 0.800. The highest BCUT2D eigenvalue weighted by Crippen LogP contribution is 2.37. The van der Waals surface area contributed by atoms with Crippen LogP contribution in [0.5, 0.6) is 0 Å². The summed E-state index contributed by atoms with van der Waals surface area (Å²) in [7, 11) is 0. The van der Waals surface area contributed by atoms with Crippen LogP contribution < -0.4 is 5.73 Å². The monoisotopic (exact) mass is 253 g/mol. The van der Waals surface area contributed by atoms with Crippen LogP contribution in [0.25, 0.3) is 5.57 Å². The lowest BCUT2D eigenvalue weighted by atomic mass is 9.99. The zero-order valence-electron chi connectivity index (χ0n) is 9.95. The molecule has 19 heavy (non-hydrogen) atoms. The van der Waals surface area contributed by atoms with E-state index in [1.54, 1.807) is 24.3 Å². The maximum atomic E-state index is 11.5. The number of hydrogen-bond donors (Lipinski definition) is 2. The van der Waals surface area contributed by atoms with Crippen LogP contribution in [0.3, 0.4) is 0 Å². The van der Waals surface area contributed by atoms with Crippen LogP contribution in [-0.4, -0.2) is 21.9 Å². The number of rotatable bonds is 1. The van der Waals surface area contributed by atoms with Gasteiger partial charge in [-0.25, -0.2) is 10.1 Å². The van der Waals surface area contributed by atoms with Crippen molar-refractivity contribution >= 4 is 22.9 Å². The maximum absolute atomic E-state index is 11.5. The highest BCUT2D eigenvalue weighted by Gasteiger charge is 2.28. The number of hydroxylamine groups is 2. The molecule has 0 saturated carbocycles. The minimum absolute atomic E-state index is 0.162. The molecule has 1 amide bonds. The van der Waals surface area contributed by atoms with Gasteiger partial charge >= 0.3 is 0 Å². The number of hydrogen-bond acceptors (Lipinski definition) is 4. The molecule has 2 aliphatic rings. The summed E-state index contributed by atoms with van der Waals surface area (Å²) in [5, 5.41) is 10.8. The second-order valence-electron chi connectivity index (χ2n) is 4.15. The fourth-order valence-electron chi connectivity index (χ4n) is 2.16. The van der Waals surface area contributed by atoms with Crippen LogP contribution in [0.15, 0.2) is 59.4 Å². The number of primary amides is 1. The fraction of sp³-hybridized carbons (Fsp3) is 0. The number of fused-ring (bicyclic) bond motifs is 1. The Balaban J connectivity index is 2.26. The van der Waals surface area contributed by atoms with E-state index in [9.17, 15) is 10.0 Å². The second kappa shape index (κ2) is 4.22. The Labute approximate surface area is 109 Å². The van der Waals surface area contributed by atoms with Crippen LogP contribution in [0.2, 0.25) is 0 Å². The van der Waals surface area contributed by atoms with Gasteiger partial charge in [-0.15, -0.1) is 0 Å². The number of allylic oxidation sites excluding steroid dienone is 3. The van der Waals surface area contributed by atoms with E-state index < -0.39 is 5.91 Å². The Kier molecular flexibility index (Phi) is 2.54. The first-order valence-corrected chi connectivity index (χ1v) is 5.74. The van der Waals surface area contributed by atoms with Crippen LogP contribution >= 0.6 is 0 Å². The number of aliphatic imine (C=N–C) groups is 1. The summed E-state index contributed by atoms with van der Waals surface area (Å²) in [6.45, 7) is 0. The Bertz CT molecular complexity index is 684. The minimum Gasteiger partial charge on any atom is -0.364 e. The largest absolute Gasteiger partial charge is 0.364 e. The molecule has 94 valence electrons. The number of carbonyl (C=O) groups excluding carboxylic acids is 1. The van der Waals surface area contributed by atoms with E-state index in [4.69, 9.17) is 5.73 Å². The fourth-order valence-corrected chi connectivity index (χ4v) is 2.16. The predicted molar refractivity (Wildman–Crippen MR) is 71.6 cm³/mol. The number of nitrogens with two attached hydrogens (primary N) is 1. The summed E-state index contributed by atoms with van der Waals surface area (Å²) < 4.78 is 0. The minimum atomic E-state index is -0.616. The van der Waals surface area contributed by atoms with E-state index in [-0.39, 0.29) is 5.71 Å². The number of para-hydroxylation sites is 1. The Morgan fingerprint density at radius 1 is 1.26 bits per heavy atom. The molecule has 0 fully saturated rings. The molecule has 5 nitrogen and oxygen atoms in total. The topological polar surface area (TPSA) is 78.9 Å². The van der Waals surface area contributed by atoms with Gasteiger partial charge in [0, 0.05) is 17.3 Å². The molecule has 0 radical (unpaired) electrons. The summed E-state index contributed by atoms with van der Waals surface area (Å²) in [5.74, 6) is -0.616. The van der Waals surface area contributed by atoms with Crippen molar-refractivity contribution in [1.82, 2.24) is 5.06 Å². The molecule has 0 saturated heterocycles. The highest BCUT2D eigenvalue weighted by molar-refractivity contribution is 6.58. The average molecular weight is 253 g/mol. The van der Waals surface area contributed by atoms with Crippen LogP contribution in [-0.2, 0) is 4.79 Å². The highest BCUT2D eigenvalue weighted by atomic mass is 16.5. The summed E-state index contributed by atoms with van der Waals surface area (Å²) >= 11 is 0. The molecule has 3 N–H and O–H groups in total. The van der Waals surface area contributed by atoms with Gasteiger partial charge in [-0.05, 0) is 18.2 Å². The van der Waals surface area contributed by atoms with Gasteiger partial charge in [0.25, 0.3) is 5.91 Å². The molecular formula is C14H11N3O2. The van der Waals surface area contributed by atoms with Gasteiger partial charge in [0.1, 0.15) is 5.71 Å². The number of amides is 1. The SMILES string of the molecule is NC(=O)C1=Nc2ccccc2/C1=C1/C=CC=CN1O. The first kappa shape index (κ1) is 11.4. The Hall–Kier alpha value is -2.66. The molecular weight excluding hydrogens is 242 g/mol. The first-order valence-electron chi connectivity index (χ1n) is 5.74. The zero-order valence-corrected chi connectivity index (χ0v) is 9.95. The number of benzene rings is 1. The Morgan fingerprint density at radius 2 is 2.05 bits per heavy atom. The zero-order chi connectivity index (χ0) is 13.4. The molecule has 3 rings (SSSR count). The molecule has 0 atom stereocenters. The van der Waals surface area contributed by atoms with Gasteiger partial charge in [0.2, 0.25) is 0 Å². The van der Waals surface area contributed by atoms with Gasteiger partial charge in [0.05, 0.1) is 11.4 Å². The summed E-state index contributed by atoms with van der Waals surface area (Å²) in [6.07, 6.45) is 6.65. The molecule has 2 heterocycles. The smallest absolute Gasteiger partial charge is 0.268 e. The maximum Gasteiger partial charge on any atom is 0.268 e. The second-order valence-corrected chi connectivity index (χ2v) is 4.15. The van der Waals surface area contributed by atoms with Gasteiger partial charge in [-0.1, -0.05) is 24.3 Å². The summed E-state index contributed by atoms with van der Waals surface area (Å²) in [5.41, 5.74) is 8.02. The third kappa shape index (κ3) is 1.76. The molecule has 1 aromatic rings. The van der Waals surface area contributed by atoms with Gasteiger partial charge < -0.3 is 5.73 Å². The van der Waals surface area contributed by atoms with Crippen molar-refractivity contribution in [2.45, 2.75) is 0 Å². The molecule has 5 heteroatoms. The number of nitrogens with zero attached hydrogens (tertiary/aromatic N) is 2. The lowest BCUT2D eigenvalue weighted by Gasteiger charge is -2.19. The van der Waals surface area contributed by atoms with E-state index in [1.807, 2.05) is 18.2 Å². The van der Waals surface area contributed by atoms with E-state index in [0.717, 1.165) is 10.6 Å². The molecule has 2 aliphatic heterocycles. The molecule has 0 bridgehead atoms. The molecule has 0 unspecified atom stereocenters. The van der Waals surface area contributed by atoms with Crippen molar-refractivity contribution in [3.05, 3.63) is 60.0 Å². The first-order chi connectivity index (χ1) is 9.18. The Morgan fingerprint density at radius 3 is 2.79 bits per heavy atom. The van der Waals surface area contributed by atoms with E-state index >= 15 is 0 Å². The molecule has 0 aromatic heterocycles. The molecule has 0 spiro atoms. The van der Waals surface area contributed by atoms with Crippen molar-refractivity contribution < 1.29 is 10.0 Å². The van der Waals surface area contributed by atoms with Gasteiger partial charge in [0.15, 0.2) is 0 Å². The normalized spacial score (nSPS) is 20.5. The van der Waals surface area contributed by atoms with Gasteiger partial charge in [-0.2, -0.15) is 0 Å². The predicted octanol–water partition coefficient (Wildman–Crippen LogP) is 1.74. The van der Waals surface area contributed by atoms with Crippen molar-refractivity contribution in [3.8, 4) is 0 Å². The van der Waals surface area contributed by atoms with Crippen LogP contribution in [0.4, 0.5) is 5.69 Å². The third-order valence-corrected chi connectivity index (χ3v) is 2.97. The third-order valence-electron chi connectivity index (χ3n) is 2.97. The summed E-state index contributed by atoms with van der Waals surface area (Å²) in [6, 6.07) is 7.33. The standard InChI is InChI=1S/C14H11N3O2/c15-14(18)13-12(11-7-3-4-8-17(11)19)9-5-1-2-6-10(9)16-13/h1-8,19H,(H2,15,18)/b12-11+. The lowest BCUT2D eigenvalue weighted by molar-refractivity contribution is -0.111. The molecule has 0 aliphatic carbocycles. The van der Waals surface area contributed by atoms with E-state index in [2.05, 4.69) is 4.99 Å². The van der Waals surface area contributed by atoms with E-state index in [1.165, 1.54) is 6.20 Å². The van der Waals surface area contributed by atoms with Crippen LogP contribution in [0.1, 0.15) is 5.56 Å². The van der Waals surface area contributed by atoms with E-state index in [0.29, 0.717) is 17.0 Å². The van der Waals surface area contributed by atoms with Crippen molar-refractivity contribution in [2.24, 2.45) is 10.7 Å². The lowest BCUT2D eigenvalue weighted by Crippen LogP contribution is -2.25. The summed E-state index contributed by atoms with van der Waals surface area (Å²) in [4.78, 5) is 15.8. The van der Waals surface area contributed by atoms with Crippen molar-refractivity contribution in [3.63, 3.8) is 0 Å². The van der Waals surface area contributed by atoms with Crippen molar-refractivity contribution in [1.29, 1.82) is 0 Å². The number of carbonyl (C=O) groups is 1. The van der Waals surface area contributed by atoms with Gasteiger partial charge in [-0.3, -0.25) is 10.0 Å².